The Morgan fingerprint density at radius 3 is 2.44 bits per heavy atom. The average Bonchev–Trinajstić information content (AvgIpc) is 2.41. The molecule has 1 saturated carbocycles. The monoisotopic (exact) mass is 264 g/mol. The minimum Gasteiger partial charge on any atom is -0.481 e. The summed E-state index contributed by atoms with van der Waals surface area (Å²) in [5, 5.41) is 9.48. The van der Waals surface area contributed by atoms with Gasteiger partial charge in [0, 0.05) is 4.90 Å². The molecule has 1 aliphatic carbocycles. The predicted octanol–water partition coefficient (Wildman–Crippen LogP) is 4.20. The van der Waals surface area contributed by atoms with Crippen LogP contribution in [0.25, 0.3) is 0 Å². The van der Waals surface area contributed by atoms with Gasteiger partial charge in [-0.2, -0.15) is 0 Å². The van der Waals surface area contributed by atoms with E-state index in [4.69, 9.17) is 0 Å². The van der Waals surface area contributed by atoms with E-state index in [1.54, 1.807) is 11.8 Å². The smallest absolute Gasteiger partial charge is 0.309 e. The van der Waals surface area contributed by atoms with Gasteiger partial charge in [0.15, 0.2) is 0 Å². The number of thioether (sulfide) groups is 1. The Bertz CT molecular complexity index is 383. The molecule has 3 heteroatoms. The summed E-state index contributed by atoms with van der Waals surface area (Å²) < 4.78 is 0. The highest BCUT2D eigenvalue weighted by Gasteiger charge is 2.38. The minimum atomic E-state index is -0.587. The lowest BCUT2D eigenvalue weighted by Gasteiger charge is -2.33. The normalized spacial score (nSPS) is 18.4. The molecule has 0 heterocycles. The van der Waals surface area contributed by atoms with Crippen LogP contribution in [0.1, 0.15) is 38.5 Å². The number of benzene rings is 1. The molecule has 0 spiro atoms. The number of carboxylic acids is 1. The molecule has 98 valence electrons. The van der Waals surface area contributed by atoms with E-state index in [2.05, 4.69) is 12.1 Å². The van der Waals surface area contributed by atoms with E-state index < -0.39 is 11.4 Å². The van der Waals surface area contributed by atoms with Gasteiger partial charge in [-0.25, -0.2) is 0 Å². The Morgan fingerprint density at radius 1 is 1.17 bits per heavy atom. The molecule has 1 N–H and O–H groups in total. The Kier molecular flexibility index (Phi) is 4.70. The fourth-order valence-electron chi connectivity index (χ4n) is 2.68. The maximum absolute atomic E-state index is 11.5. The average molecular weight is 264 g/mol. The zero-order valence-corrected chi connectivity index (χ0v) is 11.4. The molecule has 0 aromatic heterocycles. The second-order valence-corrected chi connectivity index (χ2v) is 6.23. The lowest BCUT2D eigenvalue weighted by Crippen LogP contribution is -2.33. The van der Waals surface area contributed by atoms with Crippen molar-refractivity contribution in [3.8, 4) is 0 Å². The second-order valence-electron chi connectivity index (χ2n) is 5.06. The van der Waals surface area contributed by atoms with Crippen LogP contribution in [-0.2, 0) is 4.79 Å². The number of aliphatic carboxylic acids is 1. The van der Waals surface area contributed by atoms with Crippen LogP contribution in [0.5, 0.6) is 0 Å². The van der Waals surface area contributed by atoms with Crippen molar-refractivity contribution in [1.82, 2.24) is 0 Å². The first kappa shape index (κ1) is 13.5. The molecule has 0 radical (unpaired) electrons. The SMILES string of the molecule is O=C(O)C1(CCSc2ccccc2)CCCCC1. The molecule has 2 nitrogen and oxygen atoms in total. The van der Waals surface area contributed by atoms with Gasteiger partial charge in [-0.1, -0.05) is 37.5 Å². The first-order valence-corrected chi connectivity index (χ1v) is 7.63. The van der Waals surface area contributed by atoms with Crippen molar-refractivity contribution in [3.63, 3.8) is 0 Å². The molecule has 1 aromatic carbocycles. The minimum absolute atomic E-state index is 0.444. The molecule has 1 aliphatic rings. The van der Waals surface area contributed by atoms with E-state index >= 15 is 0 Å². The quantitative estimate of drug-likeness (QED) is 0.810. The zero-order valence-electron chi connectivity index (χ0n) is 10.6. The van der Waals surface area contributed by atoms with E-state index in [1.807, 2.05) is 18.2 Å². The molecule has 0 unspecified atom stereocenters. The van der Waals surface area contributed by atoms with Crippen molar-refractivity contribution in [3.05, 3.63) is 30.3 Å². The van der Waals surface area contributed by atoms with Crippen molar-refractivity contribution < 1.29 is 9.90 Å². The predicted molar refractivity (Wildman–Crippen MR) is 74.9 cm³/mol. The van der Waals surface area contributed by atoms with Crippen LogP contribution < -0.4 is 0 Å². The van der Waals surface area contributed by atoms with E-state index in [-0.39, 0.29) is 0 Å². The fraction of sp³-hybridized carbons (Fsp3) is 0.533. The molecule has 2 rings (SSSR count). The lowest BCUT2D eigenvalue weighted by atomic mass is 9.72. The number of rotatable bonds is 5. The molecule has 0 aliphatic heterocycles. The number of carbonyl (C=O) groups is 1. The van der Waals surface area contributed by atoms with E-state index in [0.717, 1.165) is 37.9 Å². The van der Waals surface area contributed by atoms with Crippen LogP contribution in [0.4, 0.5) is 0 Å². The highest BCUT2D eigenvalue weighted by atomic mass is 32.2. The van der Waals surface area contributed by atoms with Crippen molar-refractivity contribution in [2.75, 3.05) is 5.75 Å². The fourth-order valence-corrected chi connectivity index (χ4v) is 3.76. The van der Waals surface area contributed by atoms with Crippen molar-refractivity contribution >= 4 is 17.7 Å². The summed E-state index contributed by atoms with van der Waals surface area (Å²) in [5.41, 5.74) is -0.444. The summed E-state index contributed by atoms with van der Waals surface area (Å²) in [6, 6.07) is 10.2. The first-order valence-electron chi connectivity index (χ1n) is 6.64. The summed E-state index contributed by atoms with van der Waals surface area (Å²) in [5.74, 6) is 0.312. The highest BCUT2D eigenvalue weighted by Crippen LogP contribution is 2.40. The number of carboxylic acid groups (broad SMARTS) is 1. The van der Waals surface area contributed by atoms with Gasteiger partial charge in [0.1, 0.15) is 0 Å². The van der Waals surface area contributed by atoms with Crippen LogP contribution in [-0.4, -0.2) is 16.8 Å². The summed E-state index contributed by atoms with van der Waals surface area (Å²) in [4.78, 5) is 12.7. The van der Waals surface area contributed by atoms with Gasteiger partial charge >= 0.3 is 5.97 Å². The Morgan fingerprint density at radius 2 is 1.83 bits per heavy atom. The van der Waals surface area contributed by atoms with Crippen LogP contribution in [0.15, 0.2) is 35.2 Å². The lowest BCUT2D eigenvalue weighted by molar-refractivity contribution is -0.151. The van der Waals surface area contributed by atoms with Gasteiger partial charge in [-0.3, -0.25) is 4.79 Å². The van der Waals surface area contributed by atoms with Crippen LogP contribution in [0.3, 0.4) is 0 Å². The van der Waals surface area contributed by atoms with Crippen molar-refractivity contribution in [2.24, 2.45) is 5.41 Å². The van der Waals surface area contributed by atoms with Gasteiger partial charge in [-0.05, 0) is 37.1 Å². The van der Waals surface area contributed by atoms with E-state index in [1.165, 1.54) is 11.3 Å². The van der Waals surface area contributed by atoms with E-state index in [9.17, 15) is 9.90 Å². The third kappa shape index (κ3) is 3.29. The van der Waals surface area contributed by atoms with E-state index in [0.29, 0.717) is 0 Å². The molecule has 18 heavy (non-hydrogen) atoms. The standard InChI is InChI=1S/C15H20O2S/c16-14(17)15(9-5-2-6-10-15)11-12-18-13-7-3-1-4-8-13/h1,3-4,7-8H,2,5-6,9-12H2,(H,16,17). The molecule has 0 bridgehead atoms. The van der Waals surface area contributed by atoms with Gasteiger partial charge in [0.2, 0.25) is 0 Å². The van der Waals surface area contributed by atoms with Gasteiger partial charge in [0.05, 0.1) is 5.41 Å². The zero-order chi connectivity index (χ0) is 12.8. The highest BCUT2D eigenvalue weighted by molar-refractivity contribution is 7.99. The van der Waals surface area contributed by atoms with Gasteiger partial charge in [0.25, 0.3) is 0 Å². The summed E-state index contributed by atoms with van der Waals surface area (Å²) in [7, 11) is 0. The van der Waals surface area contributed by atoms with Crippen LogP contribution in [0.2, 0.25) is 0 Å². The molecule has 0 atom stereocenters. The molecular weight excluding hydrogens is 244 g/mol. The van der Waals surface area contributed by atoms with Crippen LogP contribution >= 0.6 is 11.8 Å². The van der Waals surface area contributed by atoms with Crippen LogP contribution in [0, 0.1) is 5.41 Å². The molecular formula is C15H20O2S. The third-order valence-corrected chi connectivity index (χ3v) is 4.87. The Labute approximate surface area is 113 Å². The molecule has 1 fully saturated rings. The topological polar surface area (TPSA) is 37.3 Å². The molecule has 0 saturated heterocycles. The third-order valence-electron chi connectivity index (χ3n) is 3.86. The van der Waals surface area contributed by atoms with Crippen molar-refractivity contribution in [1.29, 1.82) is 0 Å². The number of hydrogen-bond acceptors (Lipinski definition) is 2. The summed E-state index contributed by atoms with van der Waals surface area (Å²) >= 11 is 1.77. The number of hydrogen-bond donors (Lipinski definition) is 1. The Balaban J connectivity index is 1.88. The Hall–Kier alpha value is -0.960. The summed E-state index contributed by atoms with van der Waals surface area (Å²) in [6.07, 6.45) is 5.85. The maximum atomic E-state index is 11.5. The maximum Gasteiger partial charge on any atom is 0.309 e. The second kappa shape index (κ2) is 6.28. The first-order chi connectivity index (χ1) is 8.73. The molecule has 0 amide bonds. The summed E-state index contributed by atoms with van der Waals surface area (Å²) in [6.45, 7) is 0. The van der Waals surface area contributed by atoms with Gasteiger partial charge in [-0.15, -0.1) is 11.8 Å². The van der Waals surface area contributed by atoms with Crippen molar-refractivity contribution in [2.45, 2.75) is 43.4 Å². The van der Waals surface area contributed by atoms with Gasteiger partial charge < -0.3 is 5.11 Å². The largest absolute Gasteiger partial charge is 0.481 e. The molecule has 1 aromatic rings.